The van der Waals surface area contributed by atoms with Crippen LogP contribution in [0.25, 0.3) is 0 Å². The standard InChI is InChI=1S/C12H15NO3/c1-4-16-12(14)9(2)13-10-5-7-11(15-3)8-6-10/h5-8H,4H2,1-3H3. The van der Waals surface area contributed by atoms with Gasteiger partial charge in [0.25, 0.3) is 0 Å². The van der Waals surface area contributed by atoms with Crippen LogP contribution in [0.3, 0.4) is 0 Å². The summed E-state index contributed by atoms with van der Waals surface area (Å²) in [5, 5.41) is 0. The summed E-state index contributed by atoms with van der Waals surface area (Å²) >= 11 is 0. The quantitative estimate of drug-likeness (QED) is 0.579. The van der Waals surface area contributed by atoms with Crippen LogP contribution in [0.4, 0.5) is 5.69 Å². The van der Waals surface area contributed by atoms with Gasteiger partial charge in [-0.1, -0.05) is 0 Å². The number of nitrogens with zero attached hydrogens (tertiary/aromatic N) is 1. The Morgan fingerprint density at radius 1 is 1.31 bits per heavy atom. The summed E-state index contributed by atoms with van der Waals surface area (Å²) in [5.41, 5.74) is 1.04. The summed E-state index contributed by atoms with van der Waals surface area (Å²) in [7, 11) is 1.60. The molecule has 4 nitrogen and oxygen atoms in total. The van der Waals surface area contributed by atoms with Crippen LogP contribution in [-0.2, 0) is 9.53 Å². The van der Waals surface area contributed by atoms with Crippen molar-refractivity contribution in [3.63, 3.8) is 0 Å². The van der Waals surface area contributed by atoms with E-state index in [1.54, 1.807) is 45.2 Å². The van der Waals surface area contributed by atoms with E-state index in [1.807, 2.05) is 0 Å². The molecule has 0 saturated carbocycles. The van der Waals surface area contributed by atoms with Crippen molar-refractivity contribution in [3.05, 3.63) is 24.3 Å². The predicted molar refractivity (Wildman–Crippen MR) is 62.4 cm³/mol. The van der Waals surface area contributed by atoms with E-state index in [-0.39, 0.29) is 0 Å². The minimum absolute atomic E-state index is 0.340. The number of aliphatic imine (C=N–C) groups is 1. The summed E-state index contributed by atoms with van der Waals surface area (Å²) in [4.78, 5) is 15.4. The lowest BCUT2D eigenvalue weighted by Gasteiger charge is -2.02. The Hall–Kier alpha value is -1.84. The van der Waals surface area contributed by atoms with E-state index in [9.17, 15) is 4.79 Å². The Morgan fingerprint density at radius 2 is 1.94 bits per heavy atom. The van der Waals surface area contributed by atoms with Crippen LogP contribution in [0.1, 0.15) is 13.8 Å². The fourth-order valence-electron chi connectivity index (χ4n) is 1.13. The molecular weight excluding hydrogens is 206 g/mol. The van der Waals surface area contributed by atoms with E-state index in [1.165, 1.54) is 0 Å². The molecule has 0 aliphatic heterocycles. The van der Waals surface area contributed by atoms with Crippen molar-refractivity contribution < 1.29 is 14.3 Å². The van der Waals surface area contributed by atoms with Gasteiger partial charge in [-0.05, 0) is 38.1 Å². The number of esters is 1. The zero-order valence-corrected chi connectivity index (χ0v) is 9.69. The number of carbonyl (C=O) groups is 1. The van der Waals surface area contributed by atoms with Crippen LogP contribution in [0.5, 0.6) is 5.75 Å². The third-order valence-electron chi connectivity index (χ3n) is 1.94. The molecule has 0 spiro atoms. The Morgan fingerprint density at radius 3 is 2.44 bits per heavy atom. The average molecular weight is 221 g/mol. The highest BCUT2D eigenvalue weighted by atomic mass is 16.5. The molecule has 16 heavy (non-hydrogen) atoms. The largest absolute Gasteiger partial charge is 0.497 e. The average Bonchev–Trinajstić information content (AvgIpc) is 2.30. The molecule has 1 rings (SSSR count). The molecule has 4 heteroatoms. The van der Waals surface area contributed by atoms with E-state index >= 15 is 0 Å². The van der Waals surface area contributed by atoms with Gasteiger partial charge < -0.3 is 9.47 Å². The fourth-order valence-corrected chi connectivity index (χ4v) is 1.13. The molecule has 86 valence electrons. The summed E-state index contributed by atoms with van der Waals surface area (Å²) in [5.74, 6) is 0.367. The molecule has 0 N–H and O–H groups in total. The van der Waals surface area contributed by atoms with Gasteiger partial charge in [-0.25, -0.2) is 9.79 Å². The maximum atomic E-state index is 11.3. The van der Waals surface area contributed by atoms with Gasteiger partial charge in [0.1, 0.15) is 11.5 Å². The Balaban J connectivity index is 2.77. The minimum atomic E-state index is -0.390. The maximum absolute atomic E-state index is 11.3. The number of carbonyl (C=O) groups excluding carboxylic acids is 1. The second kappa shape index (κ2) is 5.90. The molecule has 0 amide bonds. The molecule has 0 saturated heterocycles. The normalized spacial score (nSPS) is 11.1. The lowest BCUT2D eigenvalue weighted by atomic mass is 10.3. The second-order valence-electron chi connectivity index (χ2n) is 3.12. The number of hydrogen-bond acceptors (Lipinski definition) is 4. The molecule has 0 unspecified atom stereocenters. The first-order chi connectivity index (χ1) is 7.67. The van der Waals surface area contributed by atoms with E-state index < -0.39 is 5.97 Å². The Labute approximate surface area is 94.9 Å². The number of methoxy groups -OCH3 is 1. The monoisotopic (exact) mass is 221 g/mol. The van der Waals surface area contributed by atoms with E-state index in [0.717, 1.165) is 5.75 Å². The lowest BCUT2D eigenvalue weighted by molar-refractivity contribution is -0.135. The van der Waals surface area contributed by atoms with Gasteiger partial charge in [0, 0.05) is 0 Å². The van der Waals surface area contributed by atoms with Crippen LogP contribution in [-0.4, -0.2) is 25.4 Å². The summed E-state index contributed by atoms with van der Waals surface area (Å²) < 4.78 is 9.85. The van der Waals surface area contributed by atoms with Gasteiger partial charge in [0.2, 0.25) is 0 Å². The molecule has 1 aromatic rings. The Bertz CT molecular complexity index is 382. The third kappa shape index (κ3) is 3.38. The van der Waals surface area contributed by atoms with Crippen molar-refractivity contribution in [3.8, 4) is 5.75 Å². The first-order valence-corrected chi connectivity index (χ1v) is 5.03. The van der Waals surface area contributed by atoms with E-state index in [2.05, 4.69) is 4.99 Å². The van der Waals surface area contributed by atoms with Gasteiger partial charge in [-0.2, -0.15) is 0 Å². The highest BCUT2D eigenvalue weighted by Gasteiger charge is 2.05. The fraction of sp³-hybridized carbons (Fsp3) is 0.333. The molecule has 0 fully saturated rings. The highest BCUT2D eigenvalue weighted by molar-refractivity contribution is 6.35. The lowest BCUT2D eigenvalue weighted by Crippen LogP contribution is -2.13. The number of ether oxygens (including phenoxy) is 2. The van der Waals surface area contributed by atoms with Crippen LogP contribution in [0.15, 0.2) is 29.3 Å². The molecule has 0 aromatic heterocycles. The molecule has 0 aliphatic carbocycles. The SMILES string of the molecule is CCOC(=O)C(C)=Nc1ccc(OC)cc1. The number of hydrogen-bond donors (Lipinski definition) is 0. The van der Waals surface area contributed by atoms with Crippen molar-refractivity contribution in [1.29, 1.82) is 0 Å². The van der Waals surface area contributed by atoms with Crippen LogP contribution in [0.2, 0.25) is 0 Å². The predicted octanol–water partition coefficient (Wildman–Crippen LogP) is 2.35. The second-order valence-corrected chi connectivity index (χ2v) is 3.12. The zero-order valence-electron chi connectivity index (χ0n) is 9.69. The third-order valence-corrected chi connectivity index (χ3v) is 1.94. The molecule has 0 bridgehead atoms. The molecule has 0 aliphatic rings. The topological polar surface area (TPSA) is 47.9 Å². The molecule has 0 heterocycles. The first kappa shape index (κ1) is 12.2. The van der Waals surface area contributed by atoms with Crippen molar-refractivity contribution in [2.24, 2.45) is 4.99 Å². The van der Waals surface area contributed by atoms with Crippen LogP contribution < -0.4 is 4.74 Å². The van der Waals surface area contributed by atoms with Gasteiger partial charge in [-0.3, -0.25) is 0 Å². The van der Waals surface area contributed by atoms with Crippen molar-refractivity contribution in [2.45, 2.75) is 13.8 Å². The number of benzene rings is 1. The summed E-state index contributed by atoms with van der Waals surface area (Å²) in [6, 6.07) is 7.14. The first-order valence-electron chi connectivity index (χ1n) is 5.03. The van der Waals surface area contributed by atoms with Gasteiger partial charge >= 0.3 is 5.97 Å². The smallest absolute Gasteiger partial charge is 0.352 e. The number of rotatable bonds is 4. The van der Waals surface area contributed by atoms with Crippen LogP contribution >= 0.6 is 0 Å². The van der Waals surface area contributed by atoms with Crippen molar-refractivity contribution in [1.82, 2.24) is 0 Å². The summed E-state index contributed by atoms with van der Waals surface area (Å²) in [6.07, 6.45) is 0. The zero-order chi connectivity index (χ0) is 12.0. The summed E-state index contributed by atoms with van der Waals surface area (Å²) in [6.45, 7) is 3.75. The van der Waals surface area contributed by atoms with Crippen molar-refractivity contribution >= 4 is 17.4 Å². The molecular formula is C12H15NO3. The highest BCUT2D eigenvalue weighted by Crippen LogP contribution is 2.17. The minimum Gasteiger partial charge on any atom is -0.497 e. The van der Waals surface area contributed by atoms with Crippen LogP contribution in [0, 0.1) is 0 Å². The molecule has 1 aromatic carbocycles. The van der Waals surface area contributed by atoms with Gasteiger partial charge in [0.15, 0.2) is 0 Å². The molecule has 0 atom stereocenters. The molecule has 0 radical (unpaired) electrons. The maximum Gasteiger partial charge on any atom is 0.352 e. The Kier molecular flexibility index (Phi) is 4.51. The van der Waals surface area contributed by atoms with E-state index in [0.29, 0.717) is 18.0 Å². The van der Waals surface area contributed by atoms with E-state index in [4.69, 9.17) is 9.47 Å². The van der Waals surface area contributed by atoms with Gasteiger partial charge in [-0.15, -0.1) is 0 Å². The van der Waals surface area contributed by atoms with Crippen molar-refractivity contribution in [2.75, 3.05) is 13.7 Å². The van der Waals surface area contributed by atoms with Gasteiger partial charge in [0.05, 0.1) is 19.4 Å².